The number of likely N-dealkylation sites (tertiary alicyclic amines) is 1. The van der Waals surface area contributed by atoms with E-state index in [4.69, 9.17) is 0 Å². The number of nitrogens with zero attached hydrogens (tertiary/aromatic N) is 1. The second kappa shape index (κ2) is 8.93. The van der Waals surface area contributed by atoms with Gasteiger partial charge in [0.2, 0.25) is 0 Å². The molecule has 0 amide bonds. The van der Waals surface area contributed by atoms with Gasteiger partial charge in [-0.1, -0.05) is 33.1 Å². The Morgan fingerprint density at radius 1 is 1.18 bits per heavy atom. The van der Waals surface area contributed by atoms with Crippen LogP contribution >= 0.6 is 0 Å². The molecule has 0 aromatic heterocycles. The predicted molar refractivity (Wildman–Crippen MR) is 76.5 cm³/mol. The summed E-state index contributed by atoms with van der Waals surface area (Å²) in [7, 11) is 2.07. The second-order valence-corrected chi connectivity index (χ2v) is 5.51. The van der Waals surface area contributed by atoms with Gasteiger partial charge in [0.05, 0.1) is 0 Å². The zero-order valence-corrected chi connectivity index (χ0v) is 12.2. The van der Waals surface area contributed by atoms with Gasteiger partial charge in [0, 0.05) is 12.1 Å². The standard InChI is InChI=1S/C15H32N2/c1-4-8-14(9-5-2)17-13-7-6-10-15(17)11-12-16-3/h14-16H,4-13H2,1-3H3. The third kappa shape index (κ3) is 4.97. The van der Waals surface area contributed by atoms with Gasteiger partial charge in [-0.25, -0.2) is 0 Å². The molecule has 1 rings (SSSR count). The van der Waals surface area contributed by atoms with E-state index in [1.54, 1.807) is 0 Å². The van der Waals surface area contributed by atoms with E-state index in [1.807, 2.05) is 0 Å². The lowest BCUT2D eigenvalue weighted by atomic mass is 9.94. The minimum Gasteiger partial charge on any atom is -0.320 e. The molecule has 1 fully saturated rings. The Bertz CT molecular complexity index is 176. The smallest absolute Gasteiger partial charge is 0.0110 e. The molecule has 0 radical (unpaired) electrons. The van der Waals surface area contributed by atoms with E-state index < -0.39 is 0 Å². The molecule has 17 heavy (non-hydrogen) atoms. The molecule has 0 aromatic rings. The molecule has 0 bridgehead atoms. The van der Waals surface area contributed by atoms with Crippen LogP contribution in [-0.4, -0.2) is 37.1 Å². The minimum absolute atomic E-state index is 0.847. The lowest BCUT2D eigenvalue weighted by Crippen LogP contribution is -2.47. The normalized spacial score (nSPS) is 22.2. The summed E-state index contributed by atoms with van der Waals surface area (Å²) in [4.78, 5) is 2.84. The molecule has 1 heterocycles. The SMILES string of the molecule is CCCC(CCC)N1CCCCC1CCNC. The van der Waals surface area contributed by atoms with Crippen LogP contribution in [0.5, 0.6) is 0 Å². The molecule has 102 valence electrons. The zero-order chi connectivity index (χ0) is 12.5. The fourth-order valence-corrected chi connectivity index (χ4v) is 3.27. The minimum atomic E-state index is 0.847. The van der Waals surface area contributed by atoms with Crippen molar-refractivity contribution in [1.29, 1.82) is 0 Å². The summed E-state index contributed by atoms with van der Waals surface area (Å²) in [6.07, 6.45) is 11.1. The topological polar surface area (TPSA) is 15.3 Å². The summed E-state index contributed by atoms with van der Waals surface area (Å²) in [6.45, 7) is 7.18. The van der Waals surface area contributed by atoms with Crippen LogP contribution in [-0.2, 0) is 0 Å². The molecule has 0 aromatic carbocycles. The van der Waals surface area contributed by atoms with Crippen molar-refractivity contribution in [2.75, 3.05) is 20.1 Å². The molecule has 0 saturated carbocycles. The van der Waals surface area contributed by atoms with Crippen molar-refractivity contribution < 1.29 is 0 Å². The van der Waals surface area contributed by atoms with Crippen molar-refractivity contribution in [3.63, 3.8) is 0 Å². The van der Waals surface area contributed by atoms with Crippen molar-refractivity contribution in [1.82, 2.24) is 10.2 Å². The van der Waals surface area contributed by atoms with E-state index in [-0.39, 0.29) is 0 Å². The molecule has 0 spiro atoms. The van der Waals surface area contributed by atoms with Gasteiger partial charge in [-0.3, -0.25) is 4.90 Å². The average molecular weight is 240 g/mol. The van der Waals surface area contributed by atoms with Crippen LogP contribution in [0, 0.1) is 0 Å². The fourth-order valence-electron chi connectivity index (χ4n) is 3.27. The van der Waals surface area contributed by atoms with Gasteiger partial charge in [0.25, 0.3) is 0 Å². The number of nitrogens with one attached hydrogen (secondary N) is 1. The molecule has 0 aliphatic carbocycles. The van der Waals surface area contributed by atoms with E-state index in [9.17, 15) is 0 Å². The lowest BCUT2D eigenvalue weighted by Gasteiger charge is -2.41. The summed E-state index contributed by atoms with van der Waals surface area (Å²) in [5, 5.41) is 3.31. The molecule has 2 nitrogen and oxygen atoms in total. The van der Waals surface area contributed by atoms with Crippen LogP contribution in [0.3, 0.4) is 0 Å². The molecular formula is C15H32N2. The first-order valence-corrected chi connectivity index (χ1v) is 7.73. The second-order valence-electron chi connectivity index (χ2n) is 5.51. The van der Waals surface area contributed by atoms with Gasteiger partial charge in [0.1, 0.15) is 0 Å². The number of hydrogen-bond donors (Lipinski definition) is 1. The Balaban J connectivity index is 2.53. The highest BCUT2D eigenvalue weighted by atomic mass is 15.2. The van der Waals surface area contributed by atoms with Crippen molar-refractivity contribution in [2.45, 2.75) is 77.3 Å². The number of rotatable bonds is 8. The Morgan fingerprint density at radius 3 is 2.47 bits per heavy atom. The molecule has 1 atom stereocenters. The van der Waals surface area contributed by atoms with E-state index >= 15 is 0 Å². The molecule has 2 heteroatoms. The van der Waals surface area contributed by atoms with E-state index in [0.29, 0.717) is 0 Å². The van der Waals surface area contributed by atoms with Gasteiger partial charge in [0.15, 0.2) is 0 Å². The largest absolute Gasteiger partial charge is 0.320 e. The lowest BCUT2D eigenvalue weighted by molar-refractivity contribution is 0.0782. The molecule has 1 unspecified atom stereocenters. The Morgan fingerprint density at radius 2 is 1.88 bits per heavy atom. The van der Waals surface area contributed by atoms with Gasteiger partial charge >= 0.3 is 0 Å². The summed E-state index contributed by atoms with van der Waals surface area (Å²) >= 11 is 0. The van der Waals surface area contributed by atoms with Crippen molar-refractivity contribution >= 4 is 0 Å². The maximum atomic E-state index is 3.31. The van der Waals surface area contributed by atoms with Crippen LogP contribution in [0.4, 0.5) is 0 Å². The molecule has 1 aliphatic heterocycles. The molecule has 1 saturated heterocycles. The summed E-state index contributed by atoms with van der Waals surface area (Å²) < 4.78 is 0. The number of hydrogen-bond acceptors (Lipinski definition) is 2. The van der Waals surface area contributed by atoms with Gasteiger partial charge in [-0.05, 0) is 52.2 Å². The van der Waals surface area contributed by atoms with Crippen LogP contribution in [0.15, 0.2) is 0 Å². The van der Waals surface area contributed by atoms with Crippen LogP contribution in [0.25, 0.3) is 0 Å². The summed E-state index contributed by atoms with van der Waals surface area (Å²) in [5.41, 5.74) is 0. The van der Waals surface area contributed by atoms with E-state index in [1.165, 1.54) is 64.5 Å². The Hall–Kier alpha value is -0.0800. The highest BCUT2D eigenvalue weighted by Gasteiger charge is 2.27. The molecule has 1 aliphatic rings. The fraction of sp³-hybridized carbons (Fsp3) is 1.00. The summed E-state index contributed by atoms with van der Waals surface area (Å²) in [6, 6.07) is 1.70. The maximum absolute atomic E-state index is 3.31. The van der Waals surface area contributed by atoms with Gasteiger partial charge in [-0.15, -0.1) is 0 Å². The van der Waals surface area contributed by atoms with Crippen LogP contribution in [0.2, 0.25) is 0 Å². The zero-order valence-electron chi connectivity index (χ0n) is 12.2. The molecular weight excluding hydrogens is 208 g/mol. The van der Waals surface area contributed by atoms with Crippen LogP contribution in [0.1, 0.15) is 65.2 Å². The average Bonchev–Trinajstić information content (AvgIpc) is 2.36. The Kier molecular flexibility index (Phi) is 7.87. The first-order valence-electron chi connectivity index (χ1n) is 7.73. The van der Waals surface area contributed by atoms with Gasteiger partial charge in [-0.2, -0.15) is 0 Å². The highest BCUT2D eigenvalue weighted by molar-refractivity contribution is 4.83. The monoisotopic (exact) mass is 240 g/mol. The van der Waals surface area contributed by atoms with E-state index in [2.05, 4.69) is 31.1 Å². The third-order valence-corrected chi connectivity index (χ3v) is 4.11. The highest BCUT2D eigenvalue weighted by Crippen LogP contribution is 2.25. The first kappa shape index (κ1) is 15.0. The number of piperidine rings is 1. The molecule has 1 N–H and O–H groups in total. The van der Waals surface area contributed by atoms with Gasteiger partial charge < -0.3 is 5.32 Å². The summed E-state index contributed by atoms with van der Waals surface area (Å²) in [5.74, 6) is 0. The first-order chi connectivity index (χ1) is 8.33. The maximum Gasteiger partial charge on any atom is 0.0110 e. The predicted octanol–water partition coefficient (Wildman–Crippen LogP) is 3.42. The van der Waals surface area contributed by atoms with Crippen molar-refractivity contribution in [3.8, 4) is 0 Å². The third-order valence-electron chi connectivity index (χ3n) is 4.11. The Labute approximate surface area is 108 Å². The van der Waals surface area contributed by atoms with Crippen molar-refractivity contribution in [3.05, 3.63) is 0 Å². The quantitative estimate of drug-likeness (QED) is 0.699. The van der Waals surface area contributed by atoms with E-state index in [0.717, 1.165) is 12.1 Å². The van der Waals surface area contributed by atoms with Crippen LogP contribution < -0.4 is 5.32 Å². The van der Waals surface area contributed by atoms with Crippen molar-refractivity contribution in [2.24, 2.45) is 0 Å².